The number of carbonyl (C=O) groups is 1. The fourth-order valence-electron chi connectivity index (χ4n) is 4.10. The Morgan fingerprint density at radius 2 is 2.07 bits per heavy atom. The third-order valence-electron chi connectivity index (χ3n) is 5.79. The zero-order valence-electron chi connectivity index (χ0n) is 16.8. The van der Waals surface area contributed by atoms with Crippen LogP contribution in [-0.4, -0.2) is 62.2 Å². The molecule has 2 saturated heterocycles. The Bertz CT molecular complexity index is 990. The number of hydrogen-bond donors (Lipinski definition) is 0. The van der Waals surface area contributed by atoms with Gasteiger partial charge in [-0.3, -0.25) is 9.69 Å². The molecule has 0 saturated carbocycles. The molecule has 29 heavy (non-hydrogen) atoms. The highest BCUT2D eigenvalue weighted by molar-refractivity contribution is 7.88. The number of amides is 1. The summed E-state index contributed by atoms with van der Waals surface area (Å²) in [6, 6.07) is 6.06. The Hall–Kier alpha value is -1.55. The summed E-state index contributed by atoms with van der Waals surface area (Å²) in [5, 5.41) is 0.709. The van der Waals surface area contributed by atoms with Crippen molar-refractivity contribution in [2.24, 2.45) is 5.92 Å². The molecule has 0 spiro atoms. The molecule has 2 aromatic rings. The molecule has 1 aromatic heterocycles. The summed E-state index contributed by atoms with van der Waals surface area (Å²) in [6.45, 7) is 4.05. The molecule has 1 atom stereocenters. The first-order valence-corrected chi connectivity index (χ1v) is 12.7. The number of anilines is 1. The molecule has 7 nitrogen and oxygen atoms in total. The van der Waals surface area contributed by atoms with Crippen molar-refractivity contribution >= 4 is 42.6 Å². The van der Waals surface area contributed by atoms with Gasteiger partial charge in [0.05, 0.1) is 29.1 Å². The number of aromatic nitrogens is 1. The number of hydrogen-bond acceptors (Lipinski definition) is 6. The van der Waals surface area contributed by atoms with Gasteiger partial charge in [0, 0.05) is 25.6 Å². The number of ether oxygens (including phenoxy) is 1. The second kappa shape index (κ2) is 8.29. The first-order valence-electron chi connectivity index (χ1n) is 10.1. The average molecular weight is 438 g/mol. The Morgan fingerprint density at radius 1 is 1.31 bits per heavy atom. The fourth-order valence-corrected chi connectivity index (χ4v) is 6.03. The van der Waals surface area contributed by atoms with E-state index >= 15 is 0 Å². The number of sulfonamides is 1. The van der Waals surface area contributed by atoms with E-state index in [0.717, 1.165) is 35.2 Å². The fraction of sp³-hybridized carbons (Fsp3) is 0.600. The zero-order chi connectivity index (χ0) is 20.6. The van der Waals surface area contributed by atoms with Gasteiger partial charge in [-0.05, 0) is 44.2 Å². The summed E-state index contributed by atoms with van der Waals surface area (Å²) in [4.78, 5) is 20.1. The molecule has 0 bridgehead atoms. The highest BCUT2D eigenvalue weighted by atomic mass is 32.2. The molecule has 1 amide bonds. The predicted octanol–water partition coefficient (Wildman–Crippen LogP) is 2.79. The molecule has 1 aromatic carbocycles. The maximum Gasteiger partial charge on any atom is 0.232 e. The lowest BCUT2D eigenvalue weighted by molar-refractivity contribution is -0.123. The molecular formula is C20H27N3O4S2. The van der Waals surface area contributed by atoms with Gasteiger partial charge < -0.3 is 4.74 Å². The molecule has 4 rings (SSSR count). The van der Waals surface area contributed by atoms with Crippen LogP contribution in [-0.2, 0) is 19.6 Å². The number of carbonyl (C=O) groups excluding carboxylic acids is 1. The van der Waals surface area contributed by atoms with Gasteiger partial charge >= 0.3 is 0 Å². The third kappa shape index (κ3) is 4.47. The summed E-state index contributed by atoms with van der Waals surface area (Å²) in [7, 11) is -3.21. The molecule has 0 aliphatic carbocycles. The molecule has 1 unspecified atom stereocenters. The summed E-state index contributed by atoms with van der Waals surface area (Å²) >= 11 is 1.53. The highest BCUT2D eigenvalue weighted by Gasteiger charge is 2.34. The van der Waals surface area contributed by atoms with E-state index in [0.29, 0.717) is 37.6 Å². The number of fused-ring (bicyclic) bond motifs is 1. The van der Waals surface area contributed by atoms with Crippen LogP contribution in [0.5, 0.6) is 0 Å². The molecule has 2 aliphatic rings. The van der Waals surface area contributed by atoms with E-state index in [1.165, 1.54) is 21.9 Å². The number of aryl methyl sites for hydroxylation is 1. The minimum atomic E-state index is -3.21. The standard InChI is InChI=1S/C20H27N3O4S2/c1-14-5-3-7-17-18(14)21-20(28-17)23(13-16-6-4-12-27-16)19(24)15-8-10-22(11-9-15)29(2,25)26/h3,5,7,15-16H,4,6,8-13H2,1-2H3. The van der Waals surface area contributed by atoms with Gasteiger partial charge in [-0.2, -0.15) is 0 Å². The third-order valence-corrected chi connectivity index (χ3v) is 8.14. The van der Waals surface area contributed by atoms with Crippen LogP contribution in [0.4, 0.5) is 5.13 Å². The molecule has 2 fully saturated rings. The maximum atomic E-state index is 13.5. The van der Waals surface area contributed by atoms with Gasteiger partial charge in [-0.15, -0.1) is 0 Å². The van der Waals surface area contributed by atoms with Gasteiger partial charge in [0.2, 0.25) is 15.9 Å². The Labute approximate surface area is 175 Å². The monoisotopic (exact) mass is 437 g/mol. The molecular weight excluding hydrogens is 410 g/mol. The van der Waals surface area contributed by atoms with E-state index in [9.17, 15) is 13.2 Å². The largest absolute Gasteiger partial charge is 0.376 e. The Morgan fingerprint density at radius 3 is 2.69 bits per heavy atom. The number of rotatable bonds is 5. The van der Waals surface area contributed by atoms with Crippen molar-refractivity contribution in [1.82, 2.24) is 9.29 Å². The quantitative estimate of drug-likeness (QED) is 0.719. The molecule has 158 valence electrons. The average Bonchev–Trinajstić information content (AvgIpc) is 3.35. The van der Waals surface area contributed by atoms with E-state index in [-0.39, 0.29) is 17.9 Å². The van der Waals surface area contributed by atoms with Gasteiger partial charge in [0.15, 0.2) is 5.13 Å². The van der Waals surface area contributed by atoms with Crippen molar-refractivity contribution in [3.63, 3.8) is 0 Å². The molecule has 9 heteroatoms. The van der Waals surface area contributed by atoms with Crippen molar-refractivity contribution in [2.75, 3.05) is 37.4 Å². The lowest BCUT2D eigenvalue weighted by Crippen LogP contribution is -2.46. The first-order chi connectivity index (χ1) is 13.8. The van der Waals surface area contributed by atoms with Crippen LogP contribution in [0.25, 0.3) is 10.2 Å². The number of thiazole rings is 1. The Balaban J connectivity index is 1.58. The van der Waals surface area contributed by atoms with E-state index in [1.807, 2.05) is 25.1 Å². The van der Waals surface area contributed by atoms with E-state index in [2.05, 4.69) is 0 Å². The minimum absolute atomic E-state index is 0.0307. The number of piperidine rings is 1. The minimum Gasteiger partial charge on any atom is -0.376 e. The van der Waals surface area contributed by atoms with Gasteiger partial charge in [0.1, 0.15) is 0 Å². The van der Waals surface area contributed by atoms with Crippen LogP contribution in [0.1, 0.15) is 31.2 Å². The second-order valence-corrected chi connectivity index (χ2v) is 10.9. The summed E-state index contributed by atoms with van der Waals surface area (Å²) in [5.41, 5.74) is 2.03. The van der Waals surface area contributed by atoms with Crippen LogP contribution < -0.4 is 4.90 Å². The molecule has 0 N–H and O–H groups in total. The lowest BCUT2D eigenvalue weighted by atomic mass is 9.96. The van der Waals surface area contributed by atoms with E-state index in [4.69, 9.17) is 9.72 Å². The maximum absolute atomic E-state index is 13.5. The molecule has 2 aliphatic heterocycles. The van der Waals surface area contributed by atoms with Crippen LogP contribution in [0.15, 0.2) is 18.2 Å². The topological polar surface area (TPSA) is 79.8 Å². The van der Waals surface area contributed by atoms with Gasteiger partial charge in [0.25, 0.3) is 0 Å². The lowest BCUT2D eigenvalue weighted by Gasteiger charge is -2.33. The van der Waals surface area contributed by atoms with Crippen LogP contribution in [0.2, 0.25) is 0 Å². The number of benzene rings is 1. The number of para-hydroxylation sites is 1. The van der Waals surface area contributed by atoms with E-state index < -0.39 is 10.0 Å². The smallest absolute Gasteiger partial charge is 0.232 e. The predicted molar refractivity (Wildman–Crippen MR) is 115 cm³/mol. The SMILES string of the molecule is Cc1cccc2sc(N(CC3CCCO3)C(=O)C3CCN(S(C)(=O)=O)CC3)nc12. The van der Waals surface area contributed by atoms with Crippen molar-refractivity contribution in [3.8, 4) is 0 Å². The normalized spacial score (nSPS) is 21.7. The summed E-state index contributed by atoms with van der Waals surface area (Å²) in [6.07, 6.45) is 4.29. The van der Waals surface area contributed by atoms with Crippen LogP contribution >= 0.6 is 11.3 Å². The summed E-state index contributed by atoms with van der Waals surface area (Å²) < 4.78 is 31.9. The van der Waals surface area contributed by atoms with Crippen LogP contribution in [0.3, 0.4) is 0 Å². The van der Waals surface area contributed by atoms with Crippen molar-refractivity contribution in [3.05, 3.63) is 23.8 Å². The highest BCUT2D eigenvalue weighted by Crippen LogP contribution is 2.33. The van der Waals surface area contributed by atoms with Crippen molar-refractivity contribution < 1.29 is 17.9 Å². The molecule has 3 heterocycles. The van der Waals surface area contributed by atoms with E-state index in [1.54, 1.807) is 4.90 Å². The number of nitrogens with zero attached hydrogens (tertiary/aromatic N) is 3. The molecule has 0 radical (unpaired) electrons. The van der Waals surface area contributed by atoms with Gasteiger partial charge in [-0.25, -0.2) is 17.7 Å². The summed E-state index contributed by atoms with van der Waals surface area (Å²) in [5.74, 6) is -0.159. The first kappa shape index (κ1) is 20.7. The van der Waals surface area contributed by atoms with Crippen molar-refractivity contribution in [2.45, 2.75) is 38.7 Å². The second-order valence-electron chi connectivity index (χ2n) is 7.94. The van der Waals surface area contributed by atoms with Crippen LogP contribution in [0, 0.1) is 12.8 Å². The Kier molecular flexibility index (Phi) is 5.92. The van der Waals surface area contributed by atoms with Gasteiger partial charge in [-0.1, -0.05) is 23.5 Å². The van der Waals surface area contributed by atoms with Crippen molar-refractivity contribution in [1.29, 1.82) is 0 Å². The zero-order valence-corrected chi connectivity index (χ0v) is 18.5.